The van der Waals surface area contributed by atoms with Crippen molar-refractivity contribution in [3.63, 3.8) is 0 Å². The number of hydrogen-bond donors (Lipinski definition) is 2. The minimum atomic E-state index is -0.234. The summed E-state index contributed by atoms with van der Waals surface area (Å²) in [6.45, 7) is 3.63. The Bertz CT molecular complexity index is 603. The van der Waals surface area contributed by atoms with E-state index in [1.807, 2.05) is 25.1 Å². The molecule has 104 valence electrons. The van der Waals surface area contributed by atoms with E-state index in [1.54, 1.807) is 19.1 Å². The highest BCUT2D eigenvalue weighted by Crippen LogP contribution is 2.20. The average molecular weight is 309 g/mol. The van der Waals surface area contributed by atoms with Gasteiger partial charge in [0.1, 0.15) is 5.82 Å². The van der Waals surface area contributed by atoms with E-state index in [1.165, 1.54) is 6.07 Å². The quantitative estimate of drug-likeness (QED) is 0.771. The lowest BCUT2D eigenvalue weighted by Gasteiger charge is -2.12. The van der Waals surface area contributed by atoms with Gasteiger partial charge in [0.2, 0.25) is 0 Å². The van der Waals surface area contributed by atoms with Gasteiger partial charge in [-0.05, 0) is 73.6 Å². The van der Waals surface area contributed by atoms with E-state index >= 15 is 0 Å². The molecule has 0 spiro atoms. The Morgan fingerprint density at radius 2 is 1.55 bits per heavy atom. The van der Waals surface area contributed by atoms with Crippen LogP contribution in [0.5, 0.6) is 0 Å². The Morgan fingerprint density at radius 3 is 2.10 bits per heavy atom. The molecule has 0 aliphatic rings. The maximum atomic E-state index is 13.2. The van der Waals surface area contributed by atoms with Gasteiger partial charge in [-0.2, -0.15) is 0 Å². The van der Waals surface area contributed by atoms with Crippen molar-refractivity contribution < 1.29 is 4.39 Å². The van der Waals surface area contributed by atoms with Crippen molar-refractivity contribution >= 4 is 40.3 Å². The molecule has 0 aliphatic heterocycles. The summed E-state index contributed by atoms with van der Waals surface area (Å²) in [7, 11) is 0. The maximum absolute atomic E-state index is 13.2. The van der Waals surface area contributed by atoms with Gasteiger partial charge in [0.05, 0.1) is 0 Å². The van der Waals surface area contributed by atoms with Crippen LogP contribution in [0.2, 0.25) is 5.02 Å². The molecule has 0 atom stereocenters. The molecule has 0 amide bonds. The first-order valence-electron chi connectivity index (χ1n) is 6.06. The van der Waals surface area contributed by atoms with Gasteiger partial charge in [0, 0.05) is 16.4 Å². The van der Waals surface area contributed by atoms with Crippen LogP contribution in [0.25, 0.3) is 0 Å². The predicted molar refractivity (Wildman–Crippen MR) is 87.2 cm³/mol. The molecule has 2 aromatic carbocycles. The standard InChI is InChI=1S/C15H14ClFN2S/c1-9-7-11(3-5-13(9)16)18-15(20)19-12-4-6-14(17)10(2)8-12/h3-8H,1-2H3,(H2,18,19,20). The van der Waals surface area contributed by atoms with Crippen LogP contribution in [0.1, 0.15) is 11.1 Å². The monoisotopic (exact) mass is 308 g/mol. The first-order chi connectivity index (χ1) is 9.45. The number of rotatable bonds is 2. The van der Waals surface area contributed by atoms with Gasteiger partial charge in [-0.3, -0.25) is 0 Å². The fourth-order valence-electron chi connectivity index (χ4n) is 1.74. The molecule has 0 aromatic heterocycles. The molecule has 0 heterocycles. The van der Waals surface area contributed by atoms with Crippen LogP contribution >= 0.6 is 23.8 Å². The average Bonchev–Trinajstić information content (AvgIpc) is 2.38. The first kappa shape index (κ1) is 14.8. The number of halogens is 2. The van der Waals surface area contributed by atoms with E-state index in [0.717, 1.165) is 16.9 Å². The zero-order valence-corrected chi connectivity index (χ0v) is 12.7. The summed E-state index contributed by atoms with van der Waals surface area (Å²) < 4.78 is 13.2. The molecule has 0 radical (unpaired) electrons. The fraction of sp³-hybridized carbons (Fsp3) is 0.133. The normalized spacial score (nSPS) is 10.2. The van der Waals surface area contributed by atoms with E-state index in [9.17, 15) is 4.39 Å². The van der Waals surface area contributed by atoms with Crippen LogP contribution in [0, 0.1) is 19.7 Å². The van der Waals surface area contributed by atoms with E-state index in [4.69, 9.17) is 23.8 Å². The molecule has 20 heavy (non-hydrogen) atoms. The molecule has 2 rings (SSSR count). The van der Waals surface area contributed by atoms with Crippen LogP contribution in [-0.2, 0) is 0 Å². The van der Waals surface area contributed by atoms with Gasteiger partial charge in [-0.15, -0.1) is 0 Å². The molecule has 0 bridgehead atoms. The Hall–Kier alpha value is -1.65. The van der Waals surface area contributed by atoms with Gasteiger partial charge in [0.15, 0.2) is 5.11 Å². The van der Waals surface area contributed by atoms with Gasteiger partial charge in [-0.25, -0.2) is 4.39 Å². The molecule has 2 N–H and O–H groups in total. The molecule has 0 saturated carbocycles. The van der Waals surface area contributed by atoms with E-state index in [2.05, 4.69) is 10.6 Å². The predicted octanol–water partition coefficient (Wildman–Crippen LogP) is 4.90. The number of thiocarbonyl (C=S) groups is 1. The minimum absolute atomic E-state index is 0.234. The van der Waals surface area contributed by atoms with Crippen LogP contribution in [0.4, 0.5) is 15.8 Å². The molecule has 5 heteroatoms. The maximum Gasteiger partial charge on any atom is 0.175 e. The lowest BCUT2D eigenvalue weighted by molar-refractivity contribution is 0.619. The zero-order chi connectivity index (χ0) is 14.7. The van der Waals surface area contributed by atoms with Crippen molar-refractivity contribution in [3.8, 4) is 0 Å². The Kier molecular flexibility index (Phi) is 4.57. The van der Waals surface area contributed by atoms with Gasteiger partial charge < -0.3 is 10.6 Å². The largest absolute Gasteiger partial charge is 0.332 e. The fourth-order valence-corrected chi connectivity index (χ4v) is 2.09. The lowest BCUT2D eigenvalue weighted by atomic mass is 10.2. The van der Waals surface area contributed by atoms with Crippen molar-refractivity contribution in [2.45, 2.75) is 13.8 Å². The summed E-state index contributed by atoms with van der Waals surface area (Å²) in [5.74, 6) is -0.234. The summed E-state index contributed by atoms with van der Waals surface area (Å²) in [4.78, 5) is 0. The highest BCUT2D eigenvalue weighted by atomic mass is 35.5. The highest BCUT2D eigenvalue weighted by molar-refractivity contribution is 7.80. The molecule has 0 unspecified atom stereocenters. The SMILES string of the molecule is Cc1cc(NC(=S)Nc2ccc(Cl)c(C)c2)ccc1F. The Labute approximate surface area is 128 Å². The van der Waals surface area contributed by atoms with Gasteiger partial charge in [0.25, 0.3) is 0 Å². The molecule has 2 nitrogen and oxygen atoms in total. The third-order valence-corrected chi connectivity index (χ3v) is 3.46. The summed E-state index contributed by atoms with van der Waals surface area (Å²) in [6.07, 6.45) is 0. The van der Waals surface area contributed by atoms with Crippen molar-refractivity contribution in [1.82, 2.24) is 0 Å². The third-order valence-electron chi connectivity index (χ3n) is 2.83. The zero-order valence-electron chi connectivity index (χ0n) is 11.1. The number of hydrogen-bond acceptors (Lipinski definition) is 1. The van der Waals surface area contributed by atoms with Crippen LogP contribution < -0.4 is 10.6 Å². The second-order valence-electron chi connectivity index (χ2n) is 4.51. The number of aryl methyl sites for hydroxylation is 2. The number of benzene rings is 2. The van der Waals surface area contributed by atoms with Crippen LogP contribution in [0.15, 0.2) is 36.4 Å². The second kappa shape index (κ2) is 6.20. The first-order valence-corrected chi connectivity index (χ1v) is 6.84. The lowest BCUT2D eigenvalue weighted by Crippen LogP contribution is -2.19. The molecule has 0 fully saturated rings. The second-order valence-corrected chi connectivity index (χ2v) is 5.32. The summed E-state index contributed by atoms with van der Waals surface area (Å²) >= 11 is 11.2. The molecule has 0 aliphatic carbocycles. The summed E-state index contributed by atoms with van der Waals surface area (Å²) in [6, 6.07) is 10.3. The molecular formula is C15H14ClFN2S. The Morgan fingerprint density at radius 1 is 1.00 bits per heavy atom. The van der Waals surface area contributed by atoms with E-state index in [-0.39, 0.29) is 5.82 Å². The highest BCUT2D eigenvalue weighted by Gasteiger charge is 2.03. The topological polar surface area (TPSA) is 24.1 Å². The van der Waals surface area contributed by atoms with Crippen LogP contribution in [0.3, 0.4) is 0 Å². The number of anilines is 2. The molecular weight excluding hydrogens is 295 g/mol. The summed E-state index contributed by atoms with van der Waals surface area (Å²) in [5.41, 5.74) is 3.13. The van der Waals surface area contributed by atoms with E-state index < -0.39 is 0 Å². The minimum Gasteiger partial charge on any atom is -0.332 e. The van der Waals surface area contributed by atoms with Crippen molar-refractivity contribution in [3.05, 3.63) is 58.4 Å². The Balaban J connectivity index is 2.04. The molecule has 2 aromatic rings. The molecule has 0 saturated heterocycles. The summed E-state index contributed by atoms with van der Waals surface area (Å²) in [5, 5.41) is 7.23. The van der Waals surface area contributed by atoms with Crippen molar-refractivity contribution in [2.75, 3.05) is 10.6 Å². The van der Waals surface area contributed by atoms with E-state index in [0.29, 0.717) is 15.7 Å². The number of nitrogens with one attached hydrogen (secondary N) is 2. The van der Waals surface area contributed by atoms with Crippen molar-refractivity contribution in [2.24, 2.45) is 0 Å². The van der Waals surface area contributed by atoms with Crippen LogP contribution in [-0.4, -0.2) is 5.11 Å². The van der Waals surface area contributed by atoms with Gasteiger partial charge in [-0.1, -0.05) is 11.6 Å². The smallest absolute Gasteiger partial charge is 0.175 e. The van der Waals surface area contributed by atoms with Gasteiger partial charge >= 0.3 is 0 Å². The third kappa shape index (κ3) is 3.68. The van der Waals surface area contributed by atoms with Crippen molar-refractivity contribution in [1.29, 1.82) is 0 Å².